The number of halogens is 1. The molecule has 0 bridgehead atoms. The highest BCUT2D eigenvalue weighted by atomic mass is 35.5. The summed E-state index contributed by atoms with van der Waals surface area (Å²) in [4.78, 5) is 12.0. The van der Waals surface area contributed by atoms with E-state index in [-0.39, 0.29) is 10.6 Å². The Bertz CT molecular complexity index is 649. The summed E-state index contributed by atoms with van der Waals surface area (Å²) in [6.45, 7) is 5.30. The van der Waals surface area contributed by atoms with E-state index in [0.717, 1.165) is 31.5 Å². The van der Waals surface area contributed by atoms with Gasteiger partial charge in [-0.1, -0.05) is 18.5 Å². The molecule has 2 N–H and O–H groups in total. The number of rotatable bonds is 7. The van der Waals surface area contributed by atoms with E-state index in [1.54, 1.807) is 6.20 Å². The fourth-order valence-electron chi connectivity index (χ4n) is 2.09. The van der Waals surface area contributed by atoms with Crippen LogP contribution < -0.4 is 10.9 Å². The minimum absolute atomic E-state index is 0.206. The van der Waals surface area contributed by atoms with Gasteiger partial charge >= 0.3 is 0 Å². The number of aromatic nitrogens is 4. The molecule has 21 heavy (non-hydrogen) atoms. The summed E-state index contributed by atoms with van der Waals surface area (Å²) >= 11 is 6.09. The van der Waals surface area contributed by atoms with Crippen molar-refractivity contribution >= 4 is 17.3 Å². The van der Waals surface area contributed by atoms with Gasteiger partial charge in [-0.15, -0.1) is 0 Å². The molecular weight excluding hydrogens is 290 g/mol. The van der Waals surface area contributed by atoms with Crippen molar-refractivity contribution in [1.82, 2.24) is 20.0 Å². The van der Waals surface area contributed by atoms with Crippen LogP contribution in [0.15, 0.2) is 17.2 Å². The smallest absolute Gasteiger partial charge is 0.287 e. The first-order chi connectivity index (χ1) is 10.1. The van der Waals surface area contributed by atoms with E-state index in [9.17, 15) is 4.79 Å². The van der Waals surface area contributed by atoms with Crippen LogP contribution in [-0.4, -0.2) is 26.5 Å². The van der Waals surface area contributed by atoms with Gasteiger partial charge in [-0.05, 0) is 31.7 Å². The van der Waals surface area contributed by atoms with Crippen LogP contribution in [0.25, 0.3) is 0 Å². The van der Waals surface area contributed by atoms with E-state index >= 15 is 0 Å². The number of anilines is 1. The second-order valence-corrected chi connectivity index (χ2v) is 5.33. The Morgan fingerprint density at radius 2 is 2.24 bits per heavy atom. The maximum absolute atomic E-state index is 12.0. The molecule has 0 aliphatic rings. The zero-order valence-corrected chi connectivity index (χ0v) is 13.1. The van der Waals surface area contributed by atoms with Gasteiger partial charge < -0.3 is 5.32 Å². The summed E-state index contributed by atoms with van der Waals surface area (Å²) in [5.74, 6) is 0. The van der Waals surface area contributed by atoms with Gasteiger partial charge in [0.25, 0.3) is 5.56 Å². The first-order valence-electron chi connectivity index (χ1n) is 7.11. The fraction of sp³-hybridized carbons (Fsp3) is 0.500. The molecule has 114 valence electrons. The normalized spacial score (nSPS) is 10.8. The molecule has 0 saturated heterocycles. The van der Waals surface area contributed by atoms with Gasteiger partial charge in [0.05, 0.1) is 18.1 Å². The molecule has 2 heterocycles. The lowest BCUT2D eigenvalue weighted by Gasteiger charge is -2.09. The second-order valence-electron chi connectivity index (χ2n) is 4.95. The molecular formula is C14H20ClN5O. The predicted octanol–water partition coefficient (Wildman–Crippen LogP) is 2.38. The minimum Gasteiger partial charge on any atom is -0.382 e. The highest BCUT2D eigenvalue weighted by Crippen LogP contribution is 2.15. The van der Waals surface area contributed by atoms with Crippen molar-refractivity contribution < 1.29 is 0 Å². The first kappa shape index (κ1) is 15.6. The van der Waals surface area contributed by atoms with Crippen LogP contribution >= 0.6 is 11.6 Å². The number of hydrogen-bond donors (Lipinski definition) is 2. The maximum Gasteiger partial charge on any atom is 0.287 e. The van der Waals surface area contributed by atoms with Gasteiger partial charge in [-0.3, -0.25) is 9.89 Å². The molecule has 0 aliphatic carbocycles. The molecule has 0 unspecified atom stereocenters. The molecule has 2 aromatic heterocycles. The summed E-state index contributed by atoms with van der Waals surface area (Å²) in [5.41, 5.74) is 2.66. The summed E-state index contributed by atoms with van der Waals surface area (Å²) in [5, 5.41) is 14.4. The number of nitrogens with one attached hydrogen (secondary N) is 2. The summed E-state index contributed by atoms with van der Waals surface area (Å²) in [7, 11) is 0. The van der Waals surface area contributed by atoms with Crippen molar-refractivity contribution in [3.8, 4) is 0 Å². The molecule has 0 saturated carbocycles. The highest BCUT2D eigenvalue weighted by molar-refractivity contribution is 6.32. The van der Waals surface area contributed by atoms with Crippen molar-refractivity contribution in [1.29, 1.82) is 0 Å². The van der Waals surface area contributed by atoms with Crippen LogP contribution in [0.2, 0.25) is 5.02 Å². The fourth-order valence-corrected chi connectivity index (χ4v) is 2.30. The standard InChI is InChI=1S/C14H20ClN5O/c1-3-7-20-14(21)13(15)12(9-18-20)16-6-4-5-11-8-17-19-10(11)2/h8-9,16H,3-7H2,1-2H3,(H,17,19). The number of aryl methyl sites for hydroxylation is 3. The lowest BCUT2D eigenvalue weighted by atomic mass is 10.1. The van der Waals surface area contributed by atoms with Crippen LogP contribution in [0.3, 0.4) is 0 Å². The van der Waals surface area contributed by atoms with E-state index in [2.05, 4.69) is 20.6 Å². The monoisotopic (exact) mass is 309 g/mol. The number of H-pyrrole nitrogens is 1. The van der Waals surface area contributed by atoms with Gasteiger partial charge in [-0.2, -0.15) is 10.2 Å². The van der Waals surface area contributed by atoms with Crippen molar-refractivity contribution in [3.63, 3.8) is 0 Å². The van der Waals surface area contributed by atoms with Gasteiger partial charge in [-0.25, -0.2) is 4.68 Å². The molecule has 0 spiro atoms. The Hall–Kier alpha value is -1.82. The molecule has 7 heteroatoms. The predicted molar refractivity (Wildman–Crippen MR) is 83.9 cm³/mol. The van der Waals surface area contributed by atoms with E-state index < -0.39 is 0 Å². The third-order valence-corrected chi connectivity index (χ3v) is 3.66. The Morgan fingerprint density at radius 1 is 1.43 bits per heavy atom. The Kier molecular flexibility index (Phi) is 5.38. The topological polar surface area (TPSA) is 75.6 Å². The van der Waals surface area contributed by atoms with Crippen LogP contribution in [-0.2, 0) is 13.0 Å². The van der Waals surface area contributed by atoms with E-state index in [1.807, 2.05) is 20.0 Å². The lowest BCUT2D eigenvalue weighted by Crippen LogP contribution is -2.24. The van der Waals surface area contributed by atoms with Crippen molar-refractivity contribution in [2.45, 2.75) is 39.7 Å². The summed E-state index contributed by atoms with van der Waals surface area (Å²) in [6.07, 6.45) is 6.15. The summed E-state index contributed by atoms with van der Waals surface area (Å²) < 4.78 is 1.39. The number of nitrogens with zero attached hydrogens (tertiary/aromatic N) is 3. The molecule has 0 atom stereocenters. The summed E-state index contributed by atoms with van der Waals surface area (Å²) in [6, 6.07) is 0. The Balaban J connectivity index is 1.90. The van der Waals surface area contributed by atoms with Crippen molar-refractivity contribution in [3.05, 3.63) is 39.0 Å². The van der Waals surface area contributed by atoms with E-state index in [1.165, 1.54) is 10.2 Å². The minimum atomic E-state index is -0.241. The molecule has 0 aliphatic heterocycles. The molecule has 0 amide bonds. The van der Waals surface area contributed by atoms with Gasteiger partial charge in [0.1, 0.15) is 5.02 Å². The highest BCUT2D eigenvalue weighted by Gasteiger charge is 2.08. The zero-order chi connectivity index (χ0) is 15.2. The Morgan fingerprint density at radius 3 is 2.90 bits per heavy atom. The van der Waals surface area contributed by atoms with Crippen molar-refractivity contribution in [2.75, 3.05) is 11.9 Å². The van der Waals surface area contributed by atoms with Gasteiger partial charge in [0.2, 0.25) is 0 Å². The number of aromatic amines is 1. The largest absolute Gasteiger partial charge is 0.382 e. The molecule has 0 fully saturated rings. The van der Waals surface area contributed by atoms with E-state index in [4.69, 9.17) is 11.6 Å². The molecule has 2 rings (SSSR count). The second kappa shape index (κ2) is 7.26. The number of hydrogen-bond acceptors (Lipinski definition) is 4. The van der Waals surface area contributed by atoms with Crippen molar-refractivity contribution in [2.24, 2.45) is 0 Å². The quantitative estimate of drug-likeness (QED) is 0.770. The maximum atomic E-state index is 12.0. The SMILES string of the molecule is CCCn1ncc(NCCCc2cn[nH]c2C)c(Cl)c1=O. The van der Waals surface area contributed by atoms with Crippen LogP contribution in [0.5, 0.6) is 0 Å². The molecule has 0 radical (unpaired) electrons. The van der Waals surface area contributed by atoms with E-state index in [0.29, 0.717) is 12.2 Å². The molecule has 6 nitrogen and oxygen atoms in total. The third-order valence-electron chi connectivity index (χ3n) is 3.29. The third kappa shape index (κ3) is 3.85. The zero-order valence-electron chi connectivity index (χ0n) is 12.3. The molecule has 0 aromatic carbocycles. The average Bonchev–Trinajstić information content (AvgIpc) is 2.88. The van der Waals surface area contributed by atoms with Gasteiger partial charge in [0.15, 0.2) is 0 Å². The van der Waals surface area contributed by atoms with Crippen LogP contribution in [0, 0.1) is 6.92 Å². The van der Waals surface area contributed by atoms with Crippen LogP contribution in [0.4, 0.5) is 5.69 Å². The average molecular weight is 310 g/mol. The Labute approximate surface area is 128 Å². The lowest BCUT2D eigenvalue weighted by molar-refractivity contribution is 0.568. The molecule has 2 aromatic rings. The van der Waals surface area contributed by atoms with Crippen LogP contribution in [0.1, 0.15) is 31.0 Å². The van der Waals surface area contributed by atoms with Gasteiger partial charge in [0, 0.05) is 18.8 Å². The first-order valence-corrected chi connectivity index (χ1v) is 7.49.